The van der Waals surface area contributed by atoms with Gasteiger partial charge in [-0.05, 0) is 24.3 Å². The van der Waals surface area contributed by atoms with E-state index in [0.717, 1.165) is 11.5 Å². The van der Waals surface area contributed by atoms with Crippen LogP contribution in [0, 0.1) is 6.55 Å². The third-order valence-corrected chi connectivity index (χ3v) is 3.49. The molecule has 3 heteroatoms. The molecule has 0 unspecified atom stereocenters. The molecule has 2 nitrogen and oxygen atoms in total. The Balaban J connectivity index is 2.04. The molecule has 2 rings (SSSR count). The zero-order valence-corrected chi connectivity index (χ0v) is 10.8. The second kappa shape index (κ2) is 5.06. The summed E-state index contributed by atoms with van der Waals surface area (Å²) in [4.78, 5) is 0. The van der Waals surface area contributed by atoms with Crippen molar-refractivity contribution in [1.82, 2.24) is 0 Å². The lowest BCUT2D eigenvalue weighted by atomic mass is 10.3. The molecule has 0 heterocycles. The highest BCUT2D eigenvalue weighted by Gasteiger charge is 2.29. The minimum absolute atomic E-state index is 0.799. The summed E-state index contributed by atoms with van der Waals surface area (Å²) in [5.41, 5.74) is 0. The van der Waals surface area contributed by atoms with Gasteiger partial charge in [-0.1, -0.05) is 36.4 Å². The Morgan fingerprint density at radius 3 is 1.47 bits per heavy atom. The van der Waals surface area contributed by atoms with E-state index in [1.165, 1.54) is 0 Å². The van der Waals surface area contributed by atoms with Gasteiger partial charge in [0.05, 0.1) is 0 Å². The molecule has 0 fully saturated rings. The molecule has 0 bridgehead atoms. The molecule has 0 amide bonds. The maximum Gasteiger partial charge on any atom is 0.457 e. The van der Waals surface area contributed by atoms with Crippen LogP contribution in [0.1, 0.15) is 0 Å². The number of hydrogen-bond acceptors (Lipinski definition) is 2. The van der Waals surface area contributed by atoms with Crippen molar-refractivity contribution in [2.75, 3.05) is 0 Å². The van der Waals surface area contributed by atoms with Crippen LogP contribution in [0.2, 0.25) is 6.55 Å². The van der Waals surface area contributed by atoms with Crippen molar-refractivity contribution in [3.8, 4) is 11.5 Å². The molecule has 1 radical (unpaired) electrons. The molecule has 0 N–H and O–H groups in total. The number of benzene rings is 2. The predicted molar refractivity (Wildman–Crippen MR) is 71.1 cm³/mol. The molecular weight excluding hydrogens is 228 g/mol. The largest absolute Gasteiger partial charge is 0.512 e. The average molecular weight is 243 g/mol. The second-order valence-corrected chi connectivity index (χ2v) is 6.64. The molecule has 0 aliphatic carbocycles. The molecule has 0 saturated heterocycles. The van der Waals surface area contributed by atoms with E-state index in [0.29, 0.717) is 0 Å². The summed E-state index contributed by atoms with van der Waals surface area (Å²) >= 11 is 0. The minimum Gasteiger partial charge on any atom is -0.512 e. The van der Waals surface area contributed by atoms with Crippen LogP contribution in [0.15, 0.2) is 60.7 Å². The number of hydrogen-bond donors (Lipinski definition) is 0. The Kier molecular flexibility index (Phi) is 3.49. The summed E-state index contributed by atoms with van der Waals surface area (Å²) in [5, 5.41) is 0. The minimum atomic E-state index is -2.43. The van der Waals surface area contributed by atoms with Crippen LogP contribution in [0.25, 0.3) is 0 Å². The molecule has 0 aliphatic heterocycles. The Morgan fingerprint density at radius 2 is 1.12 bits per heavy atom. The molecule has 0 spiro atoms. The van der Waals surface area contributed by atoms with E-state index >= 15 is 0 Å². The lowest BCUT2D eigenvalue weighted by Gasteiger charge is -2.24. The molecular formula is C14H15O2Si. The molecule has 87 valence electrons. The Morgan fingerprint density at radius 1 is 0.765 bits per heavy atom. The molecule has 2 aromatic rings. The summed E-state index contributed by atoms with van der Waals surface area (Å²) in [6.45, 7) is 5.98. The van der Waals surface area contributed by atoms with Crippen LogP contribution in [-0.4, -0.2) is 8.56 Å². The van der Waals surface area contributed by atoms with Gasteiger partial charge in [0.2, 0.25) is 0 Å². The van der Waals surface area contributed by atoms with E-state index in [2.05, 4.69) is 6.55 Å². The SMILES string of the molecule is [CH2][Si](C)(Oc1ccccc1)Oc1ccccc1. The Labute approximate surface area is 103 Å². The van der Waals surface area contributed by atoms with Crippen molar-refractivity contribution < 1.29 is 8.85 Å². The van der Waals surface area contributed by atoms with Crippen molar-refractivity contribution >= 4 is 8.56 Å². The monoisotopic (exact) mass is 243 g/mol. The first-order valence-corrected chi connectivity index (χ1v) is 8.02. The first kappa shape index (κ1) is 11.7. The molecule has 0 aromatic heterocycles. The molecule has 2 aromatic carbocycles. The standard InChI is InChI=1S/C14H15O2Si/c1-17(2,15-13-9-5-3-6-10-13)16-14-11-7-4-8-12-14/h3-12H,1H2,2H3. The van der Waals surface area contributed by atoms with Crippen LogP contribution in [0.5, 0.6) is 11.5 Å². The highest BCUT2D eigenvalue weighted by atomic mass is 28.4. The smallest absolute Gasteiger partial charge is 0.457 e. The van der Waals surface area contributed by atoms with Gasteiger partial charge >= 0.3 is 8.56 Å². The molecule has 0 aliphatic rings. The first-order chi connectivity index (χ1) is 8.16. The van der Waals surface area contributed by atoms with Crippen molar-refractivity contribution in [3.05, 3.63) is 67.2 Å². The van der Waals surface area contributed by atoms with E-state index in [1.807, 2.05) is 67.2 Å². The van der Waals surface area contributed by atoms with Gasteiger partial charge in [-0.3, -0.25) is 0 Å². The van der Waals surface area contributed by atoms with E-state index < -0.39 is 8.56 Å². The predicted octanol–water partition coefficient (Wildman–Crippen LogP) is 3.59. The van der Waals surface area contributed by atoms with Crippen LogP contribution in [-0.2, 0) is 0 Å². The van der Waals surface area contributed by atoms with Crippen LogP contribution in [0.3, 0.4) is 0 Å². The van der Waals surface area contributed by atoms with Crippen molar-refractivity contribution in [2.24, 2.45) is 0 Å². The van der Waals surface area contributed by atoms with Gasteiger partial charge in [0.1, 0.15) is 11.5 Å². The summed E-state index contributed by atoms with van der Waals surface area (Å²) in [5.74, 6) is 1.60. The highest BCUT2D eigenvalue weighted by Crippen LogP contribution is 2.19. The maximum absolute atomic E-state index is 5.81. The third kappa shape index (κ3) is 3.64. The second-order valence-electron chi connectivity index (χ2n) is 3.96. The van der Waals surface area contributed by atoms with Crippen molar-refractivity contribution in [2.45, 2.75) is 6.55 Å². The first-order valence-electron chi connectivity index (χ1n) is 5.49. The van der Waals surface area contributed by atoms with E-state index in [-0.39, 0.29) is 0 Å². The van der Waals surface area contributed by atoms with Crippen LogP contribution in [0.4, 0.5) is 0 Å². The van der Waals surface area contributed by atoms with E-state index in [4.69, 9.17) is 8.85 Å². The van der Waals surface area contributed by atoms with Gasteiger partial charge in [-0.15, -0.1) is 0 Å². The van der Waals surface area contributed by atoms with Crippen LogP contribution < -0.4 is 8.85 Å². The number of para-hydroxylation sites is 2. The lowest BCUT2D eigenvalue weighted by molar-refractivity contribution is 0.406. The topological polar surface area (TPSA) is 18.5 Å². The summed E-state index contributed by atoms with van der Waals surface area (Å²) < 4.78 is 11.6. The average Bonchev–Trinajstić information content (AvgIpc) is 2.30. The van der Waals surface area contributed by atoms with Gasteiger partial charge < -0.3 is 8.85 Å². The zero-order chi connectivity index (χ0) is 12.1. The summed E-state index contributed by atoms with van der Waals surface area (Å²) in [6.07, 6.45) is 0. The normalized spacial score (nSPS) is 10.9. The van der Waals surface area contributed by atoms with Crippen molar-refractivity contribution in [1.29, 1.82) is 0 Å². The fourth-order valence-electron chi connectivity index (χ4n) is 1.50. The fourth-order valence-corrected chi connectivity index (χ4v) is 2.81. The zero-order valence-electron chi connectivity index (χ0n) is 9.80. The van der Waals surface area contributed by atoms with Gasteiger partial charge in [0.25, 0.3) is 0 Å². The van der Waals surface area contributed by atoms with Gasteiger partial charge in [0, 0.05) is 13.1 Å². The number of rotatable bonds is 4. The Hall–Kier alpha value is -1.74. The Bertz CT molecular complexity index is 411. The van der Waals surface area contributed by atoms with Gasteiger partial charge in [0.15, 0.2) is 0 Å². The summed E-state index contributed by atoms with van der Waals surface area (Å²) in [7, 11) is -2.43. The molecule has 0 saturated carbocycles. The quantitative estimate of drug-likeness (QED) is 0.764. The molecule has 17 heavy (non-hydrogen) atoms. The van der Waals surface area contributed by atoms with Crippen molar-refractivity contribution in [3.63, 3.8) is 0 Å². The van der Waals surface area contributed by atoms with Crippen LogP contribution >= 0.6 is 0 Å². The third-order valence-electron chi connectivity index (χ3n) is 2.15. The lowest BCUT2D eigenvalue weighted by Crippen LogP contribution is -2.42. The molecule has 0 atom stereocenters. The van der Waals surface area contributed by atoms with E-state index in [9.17, 15) is 0 Å². The maximum atomic E-state index is 5.81. The fraction of sp³-hybridized carbons (Fsp3) is 0.0714. The van der Waals surface area contributed by atoms with E-state index in [1.54, 1.807) is 0 Å². The van der Waals surface area contributed by atoms with Gasteiger partial charge in [-0.2, -0.15) is 0 Å². The van der Waals surface area contributed by atoms with Gasteiger partial charge in [-0.25, -0.2) is 0 Å². The highest BCUT2D eigenvalue weighted by molar-refractivity contribution is 6.69. The summed E-state index contributed by atoms with van der Waals surface area (Å²) in [6, 6.07) is 19.3.